The zero-order valence-electron chi connectivity index (χ0n) is 13.4. The van der Waals surface area contributed by atoms with Crippen LogP contribution in [0.4, 0.5) is 0 Å². The predicted octanol–water partition coefficient (Wildman–Crippen LogP) is 0.620. The zero-order valence-corrected chi connectivity index (χ0v) is 15.0. The summed E-state index contributed by atoms with van der Waals surface area (Å²) in [6.45, 7) is 1.50. The summed E-state index contributed by atoms with van der Waals surface area (Å²) in [5.74, 6) is -2.15. The Morgan fingerprint density at radius 1 is 1.33 bits per heavy atom. The highest BCUT2D eigenvalue weighted by molar-refractivity contribution is 9.10. The number of rotatable bonds is 5. The molecule has 0 saturated carbocycles. The van der Waals surface area contributed by atoms with E-state index in [4.69, 9.17) is 9.47 Å². The molecule has 1 aliphatic rings. The van der Waals surface area contributed by atoms with Crippen molar-refractivity contribution in [3.05, 3.63) is 21.3 Å². The molecule has 9 heteroatoms. The average molecular weight is 401 g/mol. The van der Waals surface area contributed by atoms with Gasteiger partial charge in [-0.2, -0.15) is 0 Å². The van der Waals surface area contributed by atoms with Gasteiger partial charge in [0.25, 0.3) is 5.91 Å². The van der Waals surface area contributed by atoms with Crippen LogP contribution in [0.5, 0.6) is 5.88 Å². The number of carboxylic acids is 1. The van der Waals surface area contributed by atoms with Crippen LogP contribution in [0.25, 0.3) is 0 Å². The molecule has 1 aromatic rings. The quantitative estimate of drug-likeness (QED) is 0.422. The van der Waals surface area contributed by atoms with Gasteiger partial charge in [-0.1, -0.05) is 0 Å². The first kappa shape index (κ1) is 18.2. The predicted molar refractivity (Wildman–Crippen MR) is 85.7 cm³/mol. The normalized spacial score (nSPS) is 18.7. The van der Waals surface area contributed by atoms with Gasteiger partial charge in [-0.05, 0) is 34.0 Å². The third kappa shape index (κ3) is 2.95. The second kappa shape index (κ2) is 6.76. The van der Waals surface area contributed by atoms with Crippen molar-refractivity contribution in [2.24, 2.45) is 5.41 Å². The monoisotopic (exact) mass is 400 g/mol. The average Bonchev–Trinajstić information content (AvgIpc) is 2.98. The van der Waals surface area contributed by atoms with Gasteiger partial charge >= 0.3 is 11.9 Å². The SMILES string of the molecule is CNC(=O)COc1nc(Br)c2c(c1C)CC(C(=O)O)(C(=O)OC)C2. The summed E-state index contributed by atoms with van der Waals surface area (Å²) in [5, 5.41) is 12.0. The van der Waals surface area contributed by atoms with Gasteiger partial charge in [0.1, 0.15) is 4.60 Å². The fourth-order valence-corrected chi connectivity index (χ4v) is 3.27. The molecule has 2 rings (SSSR count). The number of carbonyl (C=O) groups is 3. The maximum absolute atomic E-state index is 12.1. The fraction of sp³-hybridized carbons (Fsp3) is 0.467. The van der Waals surface area contributed by atoms with Crippen molar-refractivity contribution < 1.29 is 29.0 Å². The van der Waals surface area contributed by atoms with E-state index >= 15 is 0 Å². The molecule has 24 heavy (non-hydrogen) atoms. The van der Waals surface area contributed by atoms with E-state index in [1.807, 2.05) is 0 Å². The molecule has 0 saturated heterocycles. The largest absolute Gasteiger partial charge is 0.480 e. The Kier molecular flexibility index (Phi) is 5.12. The van der Waals surface area contributed by atoms with Gasteiger partial charge in [0.15, 0.2) is 12.0 Å². The van der Waals surface area contributed by atoms with Crippen LogP contribution >= 0.6 is 15.9 Å². The number of carboxylic acid groups (broad SMARTS) is 1. The van der Waals surface area contributed by atoms with Gasteiger partial charge in [-0.15, -0.1) is 0 Å². The van der Waals surface area contributed by atoms with Crippen molar-refractivity contribution in [3.63, 3.8) is 0 Å². The van der Waals surface area contributed by atoms with E-state index in [1.165, 1.54) is 7.05 Å². The Bertz CT molecular complexity index is 720. The molecule has 1 heterocycles. The lowest BCUT2D eigenvalue weighted by atomic mass is 9.84. The number of methoxy groups -OCH3 is 1. The van der Waals surface area contributed by atoms with Crippen LogP contribution in [-0.2, 0) is 32.0 Å². The molecule has 0 aromatic carbocycles. The number of pyridine rings is 1. The first-order chi connectivity index (χ1) is 11.3. The van der Waals surface area contributed by atoms with Crippen LogP contribution in [0.1, 0.15) is 16.7 Å². The molecule has 1 atom stereocenters. The van der Waals surface area contributed by atoms with E-state index in [9.17, 15) is 19.5 Å². The lowest BCUT2D eigenvalue weighted by Crippen LogP contribution is -2.41. The maximum atomic E-state index is 12.1. The molecule has 0 fully saturated rings. The number of hydrogen-bond acceptors (Lipinski definition) is 6. The number of likely N-dealkylation sites (N-methyl/N-ethyl adjacent to an activating group) is 1. The topological polar surface area (TPSA) is 115 Å². The van der Waals surface area contributed by atoms with Crippen molar-refractivity contribution >= 4 is 33.8 Å². The molecule has 0 radical (unpaired) electrons. The van der Waals surface area contributed by atoms with Crippen LogP contribution in [0, 0.1) is 12.3 Å². The Balaban J connectivity index is 2.42. The van der Waals surface area contributed by atoms with Gasteiger partial charge in [0.2, 0.25) is 5.88 Å². The highest BCUT2D eigenvalue weighted by Crippen LogP contribution is 2.44. The third-order valence-electron chi connectivity index (χ3n) is 4.15. The van der Waals surface area contributed by atoms with Crippen molar-refractivity contribution in [1.82, 2.24) is 10.3 Å². The summed E-state index contributed by atoms with van der Waals surface area (Å²) < 4.78 is 10.5. The van der Waals surface area contributed by atoms with Gasteiger partial charge in [-0.3, -0.25) is 14.4 Å². The van der Waals surface area contributed by atoms with Crippen LogP contribution in [0.15, 0.2) is 4.60 Å². The van der Waals surface area contributed by atoms with E-state index in [1.54, 1.807) is 6.92 Å². The standard InChI is InChI=1S/C15H17BrN2O6/c1-7-8-4-15(13(20)21,14(22)23-3)5-9(8)11(16)18-12(7)24-6-10(19)17-2/h4-6H2,1-3H3,(H,17,19)(H,20,21). The summed E-state index contributed by atoms with van der Waals surface area (Å²) >= 11 is 3.29. The highest BCUT2D eigenvalue weighted by Gasteiger charge is 2.53. The minimum absolute atomic E-state index is 0.0194. The van der Waals surface area contributed by atoms with E-state index in [0.29, 0.717) is 21.3 Å². The molecule has 0 spiro atoms. The molecular formula is C15H17BrN2O6. The Labute approximate surface area is 146 Å². The van der Waals surface area contributed by atoms with Gasteiger partial charge in [0, 0.05) is 25.5 Å². The highest BCUT2D eigenvalue weighted by atomic mass is 79.9. The van der Waals surface area contributed by atoms with Gasteiger partial charge in [-0.25, -0.2) is 4.98 Å². The van der Waals surface area contributed by atoms with Gasteiger partial charge in [0.05, 0.1) is 7.11 Å². The Morgan fingerprint density at radius 3 is 2.50 bits per heavy atom. The summed E-state index contributed by atoms with van der Waals surface area (Å²) in [6, 6.07) is 0. The molecule has 1 amide bonds. The molecule has 1 aromatic heterocycles. The second-order valence-corrected chi connectivity index (χ2v) is 6.24. The Morgan fingerprint density at radius 2 is 1.96 bits per heavy atom. The first-order valence-corrected chi connectivity index (χ1v) is 7.89. The van der Waals surface area contributed by atoms with Crippen LogP contribution < -0.4 is 10.1 Å². The smallest absolute Gasteiger partial charge is 0.323 e. The van der Waals surface area contributed by atoms with Crippen LogP contribution in [0.3, 0.4) is 0 Å². The minimum Gasteiger partial charge on any atom is -0.480 e. The summed E-state index contributed by atoms with van der Waals surface area (Å²) in [6.07, 6.45) is -0.0396. The van der Waals surface area contributed by atoms with E-state index in [2.05, 4.69) is 26.2 Å². The molecule has 2 N–H and O–H groups in total. The number of aromatic nitrogens is 1. The summed E-state index contributed by atoms with van der Waals surface area (Å²) in [4.78, 5) is 39.4. The number of carbonyl (C=O) groups excluding carboxylic acids is 2. The van der Waals surface area contributed by atoms with E-state index in [-0.39, 0.29) is 31.2 Å². The van der Waals surface area contributed by atoms with Crippen molar-refractivity contribution in [2.45, 2.75) is 19.8 Å². The number of nitrogens with one attached hydrogen (secondary N) is 1. The van der Waals surface area contributed by atoms with Gasteiger partial charge < -0.3 is 19.9 Å². The lowest BCUT2D eigenvalue weighted by Gasteiger charge is -2.20. The number of ether oxygens (including phenoxy) is 2. The molecule has 1 unspecified atom stereocenters. The fourth-order valence-electron chi connectivity index (χ4n) is 2.73. The number of aliphatic carboxylic acids is 1. The minimum atomic E-state index is -1.68. The molecule has 1 aliphatic carbocycles. The van der Waals surface area contributed by atoms with Crippen LogP contribution in [-0.4, -0.2) is 48.7 Å². The number of nitrogens with zero attached hydrogens (tertiary/aromatic N) is 1. The van der Waals surface area contributed by atoms with Crippen LogP contribution in [0.2, 0.25) is 0 Å². The number of esters is 1. The maximum Gasteiger partial charge on any atom is 0.323 e. The molecule has 0 aliphatic heterocycles. The number of fused-ring (bicyclic) bond motifs is 1. The third-order valence-corrected chi connectivity index (χ3v) is 4.80. The lowest BCUT2D eigenvalue weighted by molar-refractivity contribution is -0.166. The molecule has 8 nitrogen and oxygen atoms in total. The number of halogens is 1. The summed E-state index contributed by atoms with van der Waals surface area (Å²) in [5.41, 5.74) is 0.221. The van der Waals surface area contributed by atoms with E-state index in [0.717, 1.165) is 7.11 Å². The first-order valence-electron chi connectivity index (χ1n) is 7.10. The molecular weight excluding hydrogens is 384 g/mol. The molecule has 0 bridgehead atoms. The second-order valence-electron chi connectivity index (χ2n) is 5.48. The summed E-state index contributed by atoms with van der Waals surface area (Å²) in [7, 11) is 2.65. The van der Waals surface area contributed by atoms with Crippen molar-refractivity contribution in [1.29, 1.82) is 0 Å². The molecule has 130 valence electrons. The van der Waals surface area contributed by atoms with Crippen molar-refractivity contribution in [2.75, 3.05) is 20.8 Å². The number of hydrogen-bond donors (Lipinski definition) is 2. The number of amides is 1. The zero-order chi connectivity index (χ0) is 18.1. The Hall–Kier alpha value is -2.16. The van der Waals surface area contributed by atoms with Crippen molar-refractivity contribution in [3.8, 4) is 5.88 Å². The van der Waals surface area contributed by atoms with E-state index < -0.39 is 17.4 Å².